The van der Waals surface area contributed by atoms with Gasteiger partial charge in [0.15, 0.2) is 0 Å². The smallest absolute Gasteiger partial charge is 0.0939 e. The Morgan fingerprint density at radius 1 is 1.32 bits per heavy atom. The zero-order valence-corrected chi connectivity index (χ0v) is 13.2. The second-order valence-electron chi connectivity index (χ2n) is 6.90. The van der Waals surface area contributed by atoms with Gasteiger partial charge in [-0.05, 0) is 53.8 Å². The molecule has 0 aromatic heterocycles. The van der Waals surface area contributed by atoms with Crippen molar-refractivity contribution in [3.63, 3.8) is 0 Å². The van der Waals surface area contributed by atoms with Crippen LogP contribution in [0.1, 0.15) is 33.1 Å². The van der Waals surface area contributed by atoms with E-state index >= 15 is 0 Å². The van der Waals surface area contributed by atoms with Gasteiger partial charge in [-0.15, -0.1) is 0 Å². The lowest BCUT2D eigenvalue weighted by molar-refractivity contribution is -0.109. The molecule has 3 unspecified atom stereocenters. The maximum Gasteiger partial charge on any atom is 0.0939 e. The standard InChI is InChI=1S/C15H30N2O2/c1-14(2,17(4)5)13(16-3)12-6-8-19-15(10-12)7-9-18-11-15/h12-13,16H,6-11H2,1-5H3. The normalized spacial score (nSPS) is 34.1. The molecule has 4 heteroatoms. The molecule has 3 atom stereocenters. The zero-order valence-electron chi connectivity index (χ0n) is 13.2. The fraction of sp³-hybridized carbons (Fsp3) is 1.00. The van der Waals surface area contributed by atoms with Gasteiger partial charge in [0.25, 0.3) is 0 Å². The van der Waals surface area contributed by atoms with Crippen molar-refractivity contribution >= 4 is 0 Å². The van der Waals surface area contributed by atoms with E-state index in [1.807, 2.05) is 0 Å². The van der Waals surface area contributed by atoms with Gasteiger partial charge in [-0.1, -0.05) is 0 Å². The van der Waals surface area contributed by atoms with Crippen LogP contribution in [0.4, 0.5) is 0 Å². The number of likely N-dealkylation sites (N-methyl/N-ethyl adjacent to an activating group) is 2. The number of rotatable bonds is 4. The lowest BCUT2D eigenvalue weighted by Gasteiger charge is -2.48. The summed E-state index contributed by atoms with van der Waals surface area (Å²) in [5.74, 6) is 0.651. The molecule has 1 N–H and O–H groups in total. The van der Waals surface area contributed by atoms with Gasteiger partial charge in [0.2, 0.25) is 0 Å². The van der Waals surface area contributed by atoms with E-state index in [2.05, 4.69) is 45.2 Å². The minimum atomic E-state index is 0.000406. The summed E-state index contributed by atoms with van der Waals surface area (Å²) in [7, 11) is 6.42. The van der Waals surface area contributed by atoms with E-state index in [1.165, 1.54) is 0 Å². The highest BCUT2D eigenvalue weighted by molar-refractivity contribution is 5.00. The quantitative estimate of drug-likeness (QED) is 0.839. The predicted octanol–water partition coefficient (Wildman–Crippen LogP) is 1.50. The summed E-state index contributed by atoms with van der Waals surface area (Å²) in [5.41, 5.74) is 0.137. The Balaban J connectivity index is 2.10. The second-order valence-corrected chi connectivity index (χ2v) is 6.90. The molecule has 0 saturated carbocycles. The van der Waals surface area contributed by atoms with Crippen LogP contribution < -0.4 is 5.32 Å². The number of nitrogens with zero attached hydrogens (tertiary/aromatic N) is 1. The maximum absolute atomic E-state index is 6.06. The molecule has 1 spiro atoms. The van der Waals surface area contributed by atoms with Gasteiger partial charge in [0.05, 0.1) is 12.2 Å². The van der Waals surface area contributed by atoms with E-state index in [0.717, 1.165) is 39.1 Å². The van der Waals surface area contributed by atoms with Gasteiger partial charge in [-0.3, -0.25) is 0 Å². The Morgan fingerprint density at radius 3 is 2.58 bits per heavy atom. The first-order valence-electron chi connectivity index (χ1n) is 7.48. The lowest BCUT2D eigenvalue weighted by atomic mass is 9.74. The fourth-order valence-corrected chi connectivity index (χ4v) is 3.66. The number of hydrogen-bond acceptors (Lipinski definition) is 4. The van der Waals surface area contributed by atoms with Gasteiger partial charge in [-0.2, -0.15) is 0 Å². The maximum atomic E-state index is 6.06. The number of ether oxygens (including phenoxy) is 2. The van der Waals surface area contributed by atoms with Crippen molar-refractivity contribution in [3.05, 3.63) is 0 Å². The third kappa shape index (κ3) is 2.97. The van der Waals surface area contributed by atoms with Crippen molar-refractivity contribution in [2.75, 3.05) is 41.0 Å². The van der Waals surface area contributed by atoms with Crippen molar-refractivity contribution in [1.82, 2.24) is 10.2 Å². The molecule has 0 bridgehead atoms. The average Bonchev–Trinajstić information content (AvgIpc) is 2.77. The lowest BCUT2D eigenvalue weighted by Crippen LogP contribution is -2.60. The third-order valence-electron chi connectivity index (χ3n) is 5.29. The van der Waals surface area contributed by atoms with E-state index in [0.29, 0.717) is 12.0 Å². The van der Waals surface area contributed by atoms with Crippen LogP contribution in [0.15, 0.2) is 0 Å². The molecule has 112 valence electrons. The van der Waals surface area contributed by atoms with Gasteiger partial charge in [-0.25, -0.2) is 0 Å². The van der Waals surface area contributed by atoms with Gasteiger partial charge in [0, 0.05) is 31.2 Å². The monoisotopic (exact) mass is 270 g/mol. The molecule has 0 aromatic rings. The zero-order chi connectivity index (χ0) is 14.1. The molecular formula is C15H30N2O2. The van der Waals surface area contributed by atoms with Crippen LogP contribution in [0.25, 0.3) is 0 Å². The van der Waals surface area contributed by atoms with Gasteiger partial charge >= 0.3 is 0 Å². The molecule has 2 fully saturated rings. The summed E-state index contributed by atoms with van der Waals surface area (Å²) >= 11 is 0. The molecule has 0 radical (unpaired) electrons. The summed E-state index contributed by atoms with van der Waals surface area (Å²) < 4.78 is 11.6. The molecule has 2 heterocycles. The first kappa shape index (κ1) is 15.2. The summed E-state index contributed by atoms with van der Waals surface area (Å²) in [5, 5.41) is 3.56. The molecule has 2 aliphatic heterocycles. The highest BCUT2D eigenvalue weighted by atomic mass is 16.6. The van der Waals surface area contributed by atoms with Crippen molar-refractivity contribution in [2.45, 2.75) is 50.3 Å². The van der Waals surface area contributed by atoms with Crippen LogP contribution in [0.2, 0.25) is 0 Å². The second kappa shape index (κ2) is 5.68. The minimum absolute atomic E-state index is 0.000406. The third-order valence-corrected chi connectivity index (χ3v) is 5.29. The Hall–Kier alpha value is -0.160. The van der Waals surface area contributed by atoms with Crippen LogP contribution in [-0.2, 0) is 9.47 Å². The van der Waals surface area contributed by atoms with Gasteiger partial charge in [0.1, 0.15) is 0 Å². The van der Waals surface area contributed by atoms with Crippen LogP contribution in [0.5, 0.6) is 0 Å². The van der Waals surface area contributed by atoms with Crippen molar-refractivity contribution < 1.29 is 9.47 Å². The molecule has 19 heavy (non-hydrogen) atoms. The number of hydrogen-bond donors (Lipinski definition) is 1. The van der Waals surface area contributed by atoms with E-state index < -0.39 is 0 Å². The molecule has 0 amide bonds. The highest BCUT2D eigenvalue weighted by Gasteiger charge is 2.46. The van der Waals surface area contributed by atoms with Crippen molar-refractivity contribution in [2.24, 2.45) is 5.92 Å². The van der Waals surface area contributed by atoms with E-state index in [-0.39, 0.29) is 11.1 Å². The molecular weight excluding hydrogens is 240 g/mol. The molecule has 0 aliphatic carbocycles. The molecule has 0 aromatic carbocycles. The Bertz CT molecular complexity index is 299. The largest absolute Gasteiger partial charge is 0.378 e. The van der Waals surface area contributed by atoms with Gasteiger partial charge < -0.3 is 19.7 Å². The van der Waals surface area contributed by atoms with Crippen LogP contribution >= 0.6 is 0 Å². The van der Waals surface area contributed by atoms with Crippen molar-refractivity contribution in [1.29, 1.82) is 0 Å². The Labute approximate surface area is 117 Å². The molecule has 2 aliphatic rings. The summed E-state index contributed by atoms with van der Waals surface area (Å²) in [6.45, 7) is 7.15. The van der Waals surface area contributed by atoms with E-state index in [1.54, 1.807) is 0 Å². The Kier molecular flexibility index (Phi) is 4.56. The first-order chi connectivity index (χ1) is 8.91. The molecule has 2 rings (SSSR count). The summed E-state index contributed by atoms with van der Waals surface area (Å²) in [6.07, 6.45) is 3.32. The first-order valence-corrected chi connectivity index (χ1v) is 7.48. The fourth-order valence-electron chi connectivity index (χ4n) is 3.66. The Morgan fingerprint density at radius 2 is 2.05 bits per heavy atom. The topological polar surface area (TPSA) is 33.7 Å². The van der Waals surface area contributed by atoms with E-state index in [4.69, 9.17) is 9.47 Å². The van der Waals surface area contributed by atoms with Crippen LogP contribution in [0.3, 0.4) is 0 Å². The molecule has 4 nitrogen and oxygen atoms in total. The average molecular weight is 270 g/mol. The van der Waals surface area contributed by atoms with Crippen LogP contribution in [-0.4, -0.2) is 63.0 Å². The van der Waals surface area contributed by atoms with Crippen LogP contribution in [0, 0.1) is 5.92 Å². The SMILES string of the molecule is CNC(C1CCOC2(CCOC2)C1)C(C)(C)N(C)C. The predicted molar refractivity (Wildman–Crippen MR) is 77.5 cm³/mol. The summed E-state index contributed by atoms with van der Waals surface area (Å²) in [6, 6.07) is 0.476. The van der Waals surface area contributed by atoms with E-state index in [9.17, 15) is 0 Å². The summed E-state index contributed by atoms with van der Waals surface area (Å²) in [4.78, 5) is 2.32. The minimum Gasteiger partial charge on any atom is -0.378 e. The number of nitrogens with one attached hydrogen (secondary N) is 1. The molecule has 2 saturated heterocycles. The van der Waals surface area contributed by atoms with Crippen molar-refractivity contribution in [3.8, 4) is 0 Å². The highest BCUT2D eigenvalue weighted by Crippen LogP contribution is 2.39.